The van der Waals surface area contributed by atoms with E-state index in [1.807, 2.05) is 21.1 Å². The number of unbranched alkanes of at least 4 members (excludes halogenated alkanes) is 16. The van der Waals surface area contributed by atoms with E-state index in [2.05, 4.69) is 62.5 Å². The molecule has 0 heterocycles. The first-order valence-electron chi connectivity index (χ1n) is 21.8. The molecule has 0 fully saturated rings. The smallest absolute Gasteiger partial charge is 0.361 e. The summed E-state index contributed by atoms with van der Waals surface area (Å²) in [6, 6.07) is 0. The first-order valence-corrected chi connectivity index (χ1v) is 21.8. The summed E-state index contributed by atoms with van der Waals surface area (Å²) in [6.07, 6.45) is 40.3. The van der Waals surface area contributed by atoms with Gasteiger partial charge in [0.15, 0.2) is 6.10 Å². The minimum absolute atomic E-state index is 0.185. The summed E-state index contributed by atoms with van der Waals surface area (Å²) in [6.45, 7) is 4.71. The van der Waals surface area contributed by atoms with Crippen LogP contribution in [0.2, 0.25) is 0 Å². The first kappa shape index (κ1) is 52.2. The van der Waals surface area contributed by atoms with Crippen LogP contribution in [0.3, 0.4) is 0 Å². The maximum atomic E-state index is 12.7. The van der Waals surface area contributed by atoms with Crippen molar-refractivity contribution in [1.29, 1.82) is 0 Å². The van der Waals surface area contributed by atoms with Gasteiger partial charge in [-0.15, -0.1) is 0 Å². The van der Waals surface area contributed by atoms with Crippen LogP contribution in [0.15, 0.2) is 48.6 Å². The lowest BCUT2D eigenvalue weighted by atomic mass is 10.1. The van der Waals surface area contributed by atoms with E-state index in [0.717, 1.165) is 70.6 Å². The topological polar surface area (TPSA) is 108 Å². The molecule has 0 aliphatic rings. The molecule has 2 unspecified atom stereocenters. The number of carboxylic acids is 1. The molecule has 0 saturated heterocycles. The van der Waals surface area contributed by atoms with Crippen LogP contribution in [-0.4, -0.2) is 87.4 Å². The van der Waals surface area contributed by atoms with Crippen LogP contribution in [0.4, 0.5) is 0 Å². The van der Waals surface area contributed by atoms with Crippen molar-refractivity contribution in [1.82, 2.24) is 0 Å². The highest BCUT2D eigenvalue weighted by molar-refractivity contribution is 5.71. The largest absolute Gasteiger partial charge is 0.477 e. The van der Waals surface area contributed by atoms with E-state index in [-0.39, 0.29) is 32.2 Å². The Hall–Kier alpha value is -2.75. The van der Waals surface area contributed by atoms with Crippen molar-refractivity contribution in [2.45, 2.75) is 180 Å². The number of likely N-dealkylation sites (N-methyl/N-ethyl adjacent to an activating group) is 1. The Morgan fingerprint density at radius 3 is 1.55 bits per heavy atom. The van der Waals surface area contributed by atoms with Gasteiger partial charge in [0.2, 0.25) is 0 Å². The number of quaternary nitrogens is 1. The minimum Gasteiger partial charge on any atom is -0.477 e. The lowest BCUT2D eigenvalue weighted by Crippen LogP contribution is -2.40. The number of ether oxygens (including phenoxy) is 4. The standard InChI is InChI=1S/C46H81NO8/c1-6-8-10-12-14-16-17-18-19-20-21-22-23-24-25-26-27-29-31-33-35-37-44(49)55-42(41-54-46(45(50)51)52-39-38-47(3,4)5)40-53-43(48)36-34-32-30-28-15-13-11-9-7-2/h8,10,14,16,18-19,21-22,42,46H,6-7,9,11-13,15,17,20,23-41H2,1-5H3/p+1/b10-8-,16-14-,19-18-,22-21-. The van der Waals surface area contributed by atoms with Gasteiger partial charge in [0.25, 0.3) is 6.29 Å². The van der Waals surface area contributed by atoms with Gasteiger partial charge in [0.05, 0.1) is 34.4 Å². The molecule has 318 valence electrons. The zero-order valence-electron chi connectivity index (χ0n) is 35.8. The van der Waals surface area contributed by atoms with E-state index in [1.165, 1.54) is 64.2 Å². The second kappa shape index (κ2) is 38.1. The Balaban J connectivity index is 4.39. The van der Waals surface area contributed by atoms with Gasteiger partial charge in [-0.05, 0) is 51.4 Å². The Kier molecular flexibility index (Phi) is 36.2. The van der Waals surface area contributed by atoms with Crippen LogP contribution in [0.1, 0.15) is 168 Å². The zero-order chi connectivity index (χ0) is 40.7. The molecule has 9 heteroatoms. The van der Waals surface area contributed by atoms with Gasteiger partial charge in [0, 0.05) is 12.8 Å². The number of carbonyl (C=O) groups excluding carboxylic acids is 2. The van der Waals surface area contributed by atoms with E-state index < -0.39 is 24.3 Å². The van der Waals surface area contributed by atoms with E-state index in [1.54, 1.807) is 0 Å². The van der Waals surface area contributed by atoms with Crippen molar-refractivity contribution < 1.29 is 42.9 Å². The average molecular weight is 777 g/mol. The van der Waals surface area contributed by atoms with Gasteiger partial charge < -0.3 is 28.5 Å². The third-order valence-corrected chi connectivity index (χ3v) is 9.10. The molecular weight excluding hydrogens is 695 g/mol. The summed E-state index contributed by atoms with van der Waals surface area (Å²) in [7, 11) is 5.94. The van der Waals surface area contributed by atoms with Crippen molar-refractivity contribution in [3.8, 4) is 0 Å². The minimum atomic E-state index is -1.51. The molecule has 0 bridgehead atoms. The monoisotopic (exact) mass is 777 g/mol. The van der Waals surface area contributed by atoms with Crippen molar-refractivity contribution in [3.63, 3.8) is 0 Å². The van der Waals surface area contributed by atoms with E-state index in [4.69, 9.17) is 18.9 Å². The van der Waals surface area contributed by atoms with Gasteiger partial charge in [-0.1, -0.05) is 152 Å². The van der Waals surface area contributed by atoms with Crippen molar-refractivity contribution in [2.24, 2.45) is 0 Å². The highest BCUT2D eigenvalue weighted by atomic mass is 16.7. The average Bonchev–Trinajstić information content (AvgIpc) is 3.14. The second-order valence-corrected chi connectivity index (χ2v) is 15.6. The van der Waals surface area contributed by atoms with Crippen molar-refractivity contribution in [3.05, 3.63) is 48.6 Å². The van der Waals surface area contributed by atoms with E-state index >= 15 is 0 Å². The molecule has 2 atom stereocenters. The maximum Gasteiger partial charge on any atom is 0.361 e. The molecule has 0 aromatic carbocycles. The Morgan fingerprint density at radius 2 is 1.04 bits per heavy atom. The lowest BCUT2D eigenvalue weighted by molar-refractivity contribution is -0.870. The van der Waals surface area contributed by atoms with Crippen LogP contribution in [-0.2, 0) is 33.3 Å². The Morgan fingerprint density at radius 1 is 0.564 bits per heavy atom. The highest BCUT2D eigenvalue weighted by Gasteiger charge is 2.25. The number of carboxylic acid groups (broad SMARTS) is 1. The van der Waals surface area contributed by atoms with E-state index in [9.17, 15) is 19.5 Å². The van der Waals surface area contributed by atoms with Gasteiger partial charge >= 0.3 is 17.9 Å². The summed E-state index contributed by atoms with van der Waals surface area (Å²) in [4.78, 5) is 37.0. The molecular formula is C46H82NO8+. The first-order chi connectivity index (χ1) is 26.6. The fourth-order valence-electron chi connectivity index (χ4n) is 5.71. The fraction of sp³-hybridized carbons (Fsp3) is 0.761. The fourth-order valence-corrected chi connectivity index (χ4v) is 5.71. The number of carbonyl (C=O) groups is 3. The summed E-state index contributed by atoms with van der Waals surface area (Å²) in [5, 5.41) is 9.61. The normalized spacial score (nSPS) is 13.4. The Labute approximate surface area is 336 Å². The van der Waals surface area contributed by atoms with Gasteiger partial charge in [0.1, 0.15) is 13.2 Å². The van der Waals surface area contributed by atoms with Crippen LogP contribution in [0.25, 0.3) is 0 Å². The third kappa shape index (κ3) is 39.3. The molecule has 0 amide bonds. The molecule has 0 rings (SSSR count). The molecule has 0 aromatic heterocycles. The SMILES string of the molecule is CC/C=C\C/C=C\C/C=C\C/C=C\CCCCCCCCCCC(=O)OC(COC(=O)CCCCCCCCCCC)COC(OCC[N+](C)(C)C)C(=O)O. The van der Waals surface area contributed by atoms with Crippen molar-refractivity contribution >= 4 is 17.9 Å². The number of hydrogen-bond acceptors (Lipinski definition) is 7. The maximum absolute atomic E-state index is 12.7. The van der Waals surface area contributed by atoms with Crippen LogP contribution in [0, 0.1) is 0 Å². The third-order valence-electron chi connectivity index (χ3n) is 9.10. The van der Waals surface area contributed by atoms with Crippen LogP contribution in [0.5, 0.6) is 0 Å². The molecule has 1 N–H and O–H groups in total. The molecule has 0 aromatic rings. The molecule has 55 heavy (non-hydrogen) atoms. The van der Waals surface area contributed by atoms with Crippen LogP contribution >= 0.6 is 0 Å². The summed E-state index contributed by atoms with van der Waals surface area (Å²) >= 11 is 0. The predicted molar refractivity (Wildman–Crippen MR) is 226 cm³/mol. The predicted octanol–water partition coefficient (Wildman–Crippen LogP) is 11.2. The highest BCUT2D eigenvalue weighted by Crippen LogP contribution is 2.14. The van der Waals surface area contributed by atoms with Gasteiger partial charge in [-0.3, -0.25) is 9.59 Å². The van der Waals surface area contributed by atoms with Gasteiger partial charge in [-0.25, -0.2) is 4.79 Å². The molecule has 0 aliphatic heterocycles. The number of rotatable bonds is 39. The molecule has 0 radical (unpaired) electrons. The van der Waals surface area contributed by atoms with E-state index in [0.29, 0.717) is 23.9 Å². The lowest BCUT2D eigenvalue weighted by Gasteiger charge is -2.25. The summed E-state index contributed by atoms with van der Waals surface area (Å²) in [5.41, 5.74) is 0. The number of allylic oxidation sites excluding steroid dienone is 8. The quantitative estimate of drug-likeness (QED) is 0.0216. The Bertz CT molecular complexity index is 1050. The number of aliphatic carboxylic acids is 1. The summed E-state index contributed by atoms with van der Waals surface area (Å²) < 4.78 is 22.7. The number of esters is 2. The second-order valence-electron chi connectivity index (χ2n) is 15.6. The molecule has 0 aliphatic carbocycles. The molecule has 9 nitrogen and oxygen atoms in total. The van der Waals surface area contributed by atoms with Gasteiger partial charge in [-0.2, -0.15) is 0 Å². The zero-order valence-corrected chi connectivity index (χ0v) is 35.8. The van der Waals surface area contributed by atoms with Crippen molar-refractivity contribution in [2.75, 3.05) is 47.5 Å². The van der Waals surface area contributed by atoms with Crippen LogP contribution < -0.4 is 0 Å². The molecule has 0 spiro atoms. The number of hydrogen-bond donors (Lipinski definition) is 1. The molecule has 0 saturated carbocycles. The summed E-state index contributed by atoms with van der Waals surface area (Å²) in [5.74, 6) is -2.02. The number of nitrogens with zero attached hydrogens (tertiary/aromatic N) is 1.